The standard InChI is InChI=1S/C15H13N3O3/c1-9-3-5-11(8-16-9)21-14(19)10-4-6-13-12(7-10)17-15(20)18(13)2/h3-8H,1-2H3,(H,17,20). The summed E-state index contributed by atoms with van der Waals surface area (Å²) >= 11 is 0. The van der Waals surface area contributed by atoms with Gasteiger partial charge in [-0.2, -0.15) is 0 Å². The lowest BCUT2D eigenvalue weighted by Crippen LogP contribution is -2.11. The van der Waals surface area contributed by atoms with E-state index in [-0.39, 0.29) is 5.69 Å². The van der Waals surface area contributed by atoms with Crippen LogP contribution in [0.3, 0.4) is 0 Å². The lowest BCUT2D eigenvalue weighted by Gasteiger charge is -2.04. The number of benzene rings is 1. The molecular weight excluding hydrogens is 270 g/mol. The Kier molecular flexibility index (Phi) is 3.06. The molecule has 0 saturated heterocycles. The maximum absolute atomic E-state index is 12.1. The Morgan fingerprint density at radius 1 is 1.29 bits per heavy atom. The third kappa shape index (κ3) is 2.43. The third-order valence-electron chi connectivity index (χ3n) is 3.23. The second-order valence-corrected chi connectivity index (χ2v) is 4.75. The smallest absolute Gasteiger partial charge is 0.343 e. The molecule has 0 aliphatic heterocycles. The molecule has 6 nitrogen and oxygen atoms in total. The lowest BCUT2D eigenvalue weighted by molar-refractivity contribution is 0.0734. The van der Waals surface area contributed by atoms with Crippen LogP contribution in [0.15, 0.2) is 41.3 Å². The van der Waals surface area contributed by atoms with Crippen molar-refractivity contribution in [2.24, 2.45) is 7.05 Å². The quantitative estimate of drug-likeness (QED) is 0.727. The zero-order chi connectivity index (χ0) is 15.0. The van der Waals surface area contributed by atoms with Crippen LogP contribution in [0.2, 0.25) is 0 Å². The Balaban J connectivity index is 1.91. The molecule has 1 N–H and O–H groups in total. The van der Waals surface area contributed by atoms with Gasteiger partial charge in [-0.15, -0.1) is 0 Å². The van der Waals surface area contributed by atoms with Crippen LogP contribution < -0.4 is 10.4 Å². The van der Waals surface area contributed by atoms with Gasteiger partial charge in [0, 0.05) is 12.7 Å². The van der Waals surface area contributed by atoms with Crippen molar-refractivity contribution in [1.29, 1.82) is 0 Å². The first-order chi connectivity index (χ1) is 10.0. The van der Waals surface area contributed by atoms with Crippen molar-refractivity contribution in [1.82, 2.24) is 14.5 Å². The Labute approximate surface area is 120 Å². The predicted molar refractivity (Wildman–Crippen MR) is 77.5 cm³/mol. The van der Waals surface area contributed by atoms with Gasteiger partial charge in [0.15, 0.2) is 0 Å². The number of hydrogen-bond donors (Lipinski definition) is 1. The van der Waals surface area contributed by atoms with Crippen molar-refractivity contribution >= 4 is 17.0 Å². The van der Waals surface area contributed by atoms with Crippen molar-refractivity contribution in [2.45, 2.75) is 6.92 Å². The van der Waals surface area contributed by atoms with Gasteiger partial charge >= 0.3 is 11.7 Å². The Morgan fingerprint density at radius 3 is 2.81 bits per heavy atom. The molecule has 6 heteroatoms. The molecular formula is C15H13N3O3. The van der Waals surface area contributed by atoms with E-state index in [0.29, 0.717) is 16.8 Å². The summed E-state index contributed by atoms with van der Waals surface area (Å²) in [6.07, 6.45) is 1.50. The first kappa shape index (κ1) is 13.1. The second-order valence-electron chi connectivity index (χ2n) is 4.75. The minimum Gasteiger partial charge on any atom is -0.421 e. The summed E-state index contributed by atoms with van der Waals surface area (Å²) in [5, 5.41) is 0. The first-order valence-corrected chi connectivity index (χ1v) is 6.38. The number of ether oxygens (including phenoxy) is 1. The van der Waals surface area contributed by atoms with Crippen LogP contribution in [-0.2, 0) is 7.05 Å². The number of H-pyrrole nitrogens is 1. The fraction of sp³-hybridized carbons (Fsp3) is 0.133. The predicted octanol–water partition coefficient (Wildman–Crippen LogP) is 1.79. The van der Waals surface area contributed by atoms with Crippen molar-refractivity contribution in [3.8, 4) is 5.75 Å². The van der Waals surface area contributed by atoms with E-state index in [0.717, 1.165) is 11.2 Å². The number of carbonyl (C=O) groups is 1. The number of esters is 1. The van der Waals surface area contributed by atoms with E-state index in [1.807, 2.05) is 6.92 Å². The fourth-order valence-electron chi connectivity index (χ4n) is 2.04. The molecule has 0 spiro atoms. The first-order valence-electron chi connectivity index (χ1n) is 6.38. The van der Waals surface area contributed by atoms with Crippen LogP contribution in [0.4, 0.5) is 0 Å². The zero-order valence-electron chi connectivity index (χ0n) is 11.6. The highest BCUT2D eigenvalue weighted by atomic mass is 16.5. The lowest BCUT2D eigenvalue weighted by atomic mass is 10.2. The van der Waals surface area contributed by atoms with E-state index in [9.17, 15) is 9.59 Å². The number of aromatic amines is 1. The van der Waals surface area contributed by atoms with Gasteiger partial charge in [-0.3, -0.25) is 9.55 Å². The van der Waals surface area contributed by atoms with Gasteiger partial charge in [0.2, 0.25) is 0 Å². The average molecular weight is 283 g/mol. The third-order valence-corrected chi connectivity index (χ3v) is 3.23. The molecule has 106 valence electrons. The number of nitrogens with zero attached hydrogens (tertiary/aromatic N) is 2. The highest BCUT2D eigenvalue weighted by molar-refractivity contribution is 5.94. The molecule has 0 saturated carbocycles. The van der Waals surface area contributed by atoms with E-state index >= 15 is 0 Å². The molecule has 0 bridgehead atoms. The number of pyridine rings is 1. The second kappa shape index (κ2) is 4.90. The normalized spacial score (nSPS) is 10.8. The molecule has 0 unspecified atom stereocenters. The molecule has 0 aliphatic carbocycles. The largest absolute Gasteiger partial charge is 0.421 e. The summed E-state index contributed by atoms with van der Waals surface area (Å²) in [7, 11) is 1.66. The van der Waals surface area contributed by atoms with Crippen molar-refractivity contribution in [3.63, 3.8) is 0 Å². The number of nitrogens with one attached hydrogen (secondary N) is 1. The molecule has 2 aromatic heterocycles. The van der Waals surface area contributed by atoms with E-state index in [1.165, 1.54) is 10.8 Å². The minimum absolute atomic E-state index is 0.224. The van der Waals surface area contributed by atoms with Crippen molar-refractivity contribution in [3.05, 3.63) is 58.3 Å². The van der Waals surface area contributed by atoms with Gasteiger partial charge in [-0.1, -0.05) is 0 Å². The van der Waals surface area contributed by atoms with E-state index in [1.54, 1.807) is 37.4 Å². The number of aromatic nitrogens is 3. The van der Waals surface area contributed by atoms with Gasteiger partial charge in [0.1, 0.15) is 5.75 Å². The SMILES string of the molecule is Cc1ccc(OC(=O)c2ccc3c(c2)[nH]c(=O)n3C)cn1. The number of carbonyl (C=O) groups excluding carboxylic acids is 1. The summed E-state index contributed by atoms with van der Waals surface area (Å²) in [4.78, 5) is 30.4. The summed E-state index contributed by atoms with van der Waals surface area (Å²) in [5.74, 6) is -0.112. The zero-order valence-corrected chi connectivity index (χ0v) is 11.6. The van der Waals surface area contributed by atoms with E-state index in [2.05, 4.69) is 9.97 Å². The Bertz CT molecular complexity index is 875. The summed E-state index contributed by atoms with van der Waals surface area (Å²) in [6.45, 7) is 1.85. The molecule has 3 aromatic rings. The molecule has 3 rings (SSSR count). The maximum atomic E-state index is 12.1. The summed E-state index contributed by atoms with van der Waals surface area (Å²) in [5.41, 5.74) is 2.31. The summed E-state index contributed by atoms with van der Waals surface area (Å²) < 4.78 is 6.72. The van der Waals surface area contributed by atoms with Gasteiger partial charge in [0.25, 0.3) is 0 Å². The van der Waals surface area contributed by atoms with Crippen LogP contribution in [-0.4, -0.2) is 20.5 Å². The van der Waals surface area contributed by atoms with Crippen LogP contribution in [0.5, 0.6) is 5.75 Å². The van der Waals surface area contributed by atoms with Gasteiger partial charge in [0.05, 0.1) is 22.8 Å². The number of imidazole rings is 1. The number of rotatable bonds is 2. The van der Waals surface area contributed by atoms with E-state index < -0.39 is 5.97 Å². The van der Waals surface area contributed by atoms with Crippen LogP contribution in [0, 0.1) is 6.92 Å². The number of hydrogen-bond acceptors (Lipinski definition) is 4. The van der Waals surface area contributed by atoms with Crippen molar-refractivity contribution < 1.29 is 9.53 Å². The van der Waals surface area contributed by atoms with Crippen LogP contribution >= 0.6 is 0 Å². The molecule has 0 aliphatic rings. The fourth-order valence-corrected chi connectivity index (χ4v) is 2.04. The van der Waals surface area contributed by atoms with Gasteiger partial charge in [-0.25, -0.2) is 9.59 Å². The van der Waals surface area contributed by atoms with Gasteiger partial charge < -0.3 is 9.72 Å². The van der Waals surface area contributed by atoms with Crippen LogP contribution in [0.1, 0.15) is 16.1 Å². The average Bonchev–Trinajstić information content (AvgIpc) is 2.76. The Morgan fingerprint density at radius 2 is 2.10 bits per heavy atom. The molecule has 0 amide bonds. The van der Waals surface area contributed by atoms with Crippen molar-refractivity contribution in [2.75, 3.05) is 0 Å². The number of aryl methyl sites for hydroxylation is 2. The van der Waals surface area contributed by atoms with Gasteiger partial charge in [-0.05, 0) is 37.3 Å². The minimum atomic E-state index is -0.493. The molecule has 0 fully saturated rings. The highest BCUT2D eigenvalue weighted by Gasteiger charge is 2.11. The highest BCUT2D eigenvalue weighted by Crippen LogP contribution is 2.15. The summed E-state index contributed by atoms with van der Waals surface area (Å²) in [6, 6.07) is 8.38. The topological polar surface area (TPSA) is 77.0 Å². The number of fused-ring (bicyclic) bond motifs is 1. The van der Waals surface area contributed by atoms with Crippen LogP contribution in [0.25, 0.3) is 11.0 Å². The maximum Gasteiger partial charge on any atom is 0.343 e. The molecule has 1 aromatic carbocycles. The molecule has 0 atom stereocenters. The molecule has 21 heavy (non-hydrogen) atoms. The Hall–Kier alpha value is -2.89. The monoisotopic (exact) mass is 283 g/mol. The van der Waals surface area contributed by atoms with E-state index in [4.69, 9.17) is 4.74 Å². The molecule has 0 radical (unpaired) electrons. The molecule has 2 heterocycles.